The van der Waals surface area contributed by atoms with E-state index < -0.39 is 0 Å². The van der Waals surface area contributed by atoms with E-state index in [0.717, 1.165) is 37.0 Å². The molecule has 0 unspecified atom stereocenters. The molecule has 0 radical (unpaired) electrons. The lowest BCUT2D eigenvalue weighted by Crippen LogP contribution is -2.31. The van der Waals surface area contributed by atoms with Gasteiger partial charge in [0.1, 0.15) is 17.5 Å². The zero-order chi connectivity index (χ0) is 18.4. The van der Waals surface area contributed by atoms with Gasteiger partial charge in [-0.1, -0.05) is 6.07 Å². The van der Waals surface area contributed by atoms with Gasteiger partial charge in [-0.3, -0.25) is 0 Å². The molecule has 2 heterocycles. The Morgan fingerprint density at radius 2 is 2.00 bits per heavy atom. The average molecular weight is 364 g/mol. The molecule has 0 bridgehead atoms. The van der Waals surface area contributed by atoms with Crippen molar-refractivity contribution >= 4 is 17.6 Å². The number of esters is 1. The van der Waals surface area contributed by atoms with Crippen molar-refractivity contribution in [3.8, 4) is 0 Å². The van der Waals surface area contributed by atoms with Crippen LogP contribution in [0, 0.1) is 0 Å². The SMILES string of the molecule is COC(=O)c1ccc2c(c1)CCN(c1cc(NC3CC3)nc(C3CC3)n1)C2. The van der Waals surface area contributed by atoms with Crippen molar-refractivity contribution in [3.05, 3.63) is 46.8 Å². The van der Waals surface area contributed by atoms with E-state index in [4.69, 9.17) is 14.7 Å². The Kier molecular flexibility index (Phi) is 3.99. The lowest BCUT2D eigenvalue weighted by atomic mass is 9.97. The maximum Gasteiger partial charge on any atom is 0.337 e. The van der Waals surface area contributed by atoms with Gasteiger partial charge in [0.05, 0.1) is 12.7 Å². The summed E-state index contributed by atoms with van der Waals surface area (Å²) in [6.07, 6.45) is 5.76. The smallest absolute Gasteiger partial charge is 0.337 e. The number of rotatable bonds is 5. The molecule has 0 saturated heterocycles. The molecule has 1 N–H and O–H groups in total. The van der Waals surface area contributed by atoms with E-state index in [2.05, 4.69) is 16.3 Å². The summed E-state index contributed by atoms with van der Waals surface area (Å²) in [5.41, 5.74) is 3.10. The minimum Gasteiger partial charge on any atom is -0.465 e. The molecular weight excluding hydrogens is 340 g/mol. The van der Waals surface area contributed by atoms with E-state index in [1.165, 1.54) is 43.9 Å². The number of aromatic nitrogens is 2. The number of nitrogens with one attached hydrogen (secondary N) is 1. The maximum atomic E-state index is 11.8. The number of carbonyl (C=O) groups is 1. The van der Waals surface area contributed by atoms with Crippen molar-refractivity contribution in [2.45, 2.75) is 50.6 Å². The van der Waals surface area contributed by atoms with Crippen LogP contribution < -0.4 is 10.2 Å². The minimum absolute atomic E-state index is 0.277. The molecular formula is C21H24N4O2. The van der Waals surface area contributed by atoms with Crippen molar-refractivity contribution in [2.24, 2.45) is 0 Å². The molecule has 6 nitrogen and oxygen atoms in total. The van der Waals surface area contributed by atoms with Crippen molar-refractivity contribution in [3.63, 3.8) is 0 Å². The highest BCUT2D eigenvalue weighted by molar-refractivity contribution is 5.89. The fourth-order valence-electron chi connectivity index (χ4n) is 3.64. The summed E-state index contributed by atoms with van der Waals surface area (Å²) in [5, 5.41) is 3.53. The van der Waals surface area contributed by atoms with Gasteiger partial charge in [-0.25, -0.2) is 14.8 Å². The van der Waals surface area contributed by atoms with Gasteiger partial charge < -0.3 is 15.0 Å². The number of benzene rings is 1. The second kappa shape index (κ2) is 6.51. The van der Waals surface area contributed by atoms with Crippen LogP contribution in [0.1, 0.15) is 58.9 Å². The molecule has 6 heteroatoms. The van der Waals surface area contributed by atoms with Gasteiger partial charge in [0.15, 0.2) is 0 Å². The van der Waals surface area contributed by atoms with E-state index in [1.807, 2.05) is 18.2 Å². The normalized spacial score (nSPS) is 18.8. The molecule has 2 aliphatic carbocycles. The standard InChI is InChI=1S/C21H24N4O2/c1-27-21(26)15-4-5-16-12-25(9-8-14(16)10-15)19-11-18(22-17-6-7-17)23-20(24-19)13-2-3-13/h4-5,10-11,13,17H,2-3,6-9,12H2,1H3,(H,22,23,24). The van der Waals surface area contributed by atoms with Crippen molar-refractivity contribution < 1.29 is 9.53 Å². The summed E-state index contributed by atoms with van der Waals surface area (Å²) < 4.78 is 4.84. The summed E-state index contributed by atoms with van der Waals surface area (Å²) in [7, 11) is 1.42. The predicted octanol–water partition coefficient (Wildman–Crippen LogP) is 3.28. The van der Waals surface area contributed by atoms with E-state index >= 15 is 0 Å². The van der Waals surface area contributed by atoms with Gasteiger partial charge in [-0.15, -0.1) is 0 Å². The summed E-state index contributed by atoms with van der Waals surface area (Å²) >= 11 is 0. The Balaban J connectivity index is 1.40. The molecule has 140 valence electrons. The Morgan fingerprint density at radius 3 is 2.74 bits per heavy atom. The lowest BCUT2D eigenvalue weighted by molar-refractivity contribution is 0.0600. The van der Waals surface area contributed by atoms with Gasteiger partial charge >= 0.3 is 5.97 Å². The number of carbonyl (C=O) groups excluding carboxylic acids is 1. The molecule has 1 aromatic carbocycles. The van der Waals surface area contributed by atoms with Crippen molar-refractivity contribution in [2.75, 3.05) is 23.9 Å². The summed E-state index contributed by atoms with van der Waals surface area (Å²) in [6.45, 7) is 1.70. The second-order valence-electron chi connectivity index (χ2n) is 7.81. The minimum atomic E-state index is -0.277. The van der Waals surface area contributed by atoms with Crippen LogP contribution >= 0.6 is 0 Å². The number of fused-ring (bicyclic) bond motifs is 1. The monoisotopic (exact) mass is 364 g/mol. The molecule has 2 saturated carbocycles. The van der Waals surface area contributed by atoms with Gasteiger partial charge in [0.25, 0.3) is 0 Å². The number of anilines is 2. The predicted molar refractivity (Wildman–Crippen MR) is 103 cm³/mol. The highest BCUT2D eigenvalue weighted by Gasteiger charge is 2.30. The highest BCUT2D eigenvalue weighted by atomic mass is 16.5. The number of hydrogen-bond acceptors (Lipinski definition) is 6. The van der Waals surface area contributed by atoms with Crippen LogP contribution in [0.15, 0.2) is 24.3 Å². The van der Waals surface area contributed by atoms with E-state index in [-0.39, 0.29) is 5.97 Å². The largest absolute Gasteiger partial charge is 0.465 e. The third-order valence-electron chi connectivity index (χ3n) is 5.57. The zero-order valence-corrected chi connectivity index (χ0v) is 15.6. The average Bonchev–Trinajstić information content (AvgIpc) is 3.60. The third kappa shape index (κ3) is 3.48. The van der Waals surface area contributed by atoms with E-state index in [9.17, 15) is 4.79 Å². The van der Waals surface area contributed by atoms with E-state index in [1.54, 1.807) is 0 Å². The van der Waals surface area contributed by atoms with Gasteiger partial charge in [0.2, 0.25) is 0 Å². The van der Waals surface area contributed by atoms with Crippen LogP contribution in [-0.2, 0) is 17.7 Å². The molecule has 27 heavy (non-hydrogen) atoms. The van der Waals surface area contributed by atoms with Crippen LogP contribution in [0.25, 0.3) is 0 Å². The fourth-order valence-corrected chi connectivity index (χ4v) is 3.64. The molecule has 2 aromatic rings. The van der Waals surface area contributed by atoms with Crippen LogP contribution in [-0.4, -0.2) is 35.6 Å². The number of methoxy groups -OCH3 is 1. The first kappa shape index (κ1) is 16.5. The molecule has 0 spiro atoms. The summed E-state index contributed by atoms with van der Waals surface area (Å²) in [6, 6.07) is 8.54. The molecule has 0 atom stereocenters. The van der Waals surface area contributed by atoms with Crippen LogP contribution in [0.5, 0.6) is 0 Å². The zero-order valence-electron chi connectivity index (χ0n) is 15.6. The third-order valence-corrected chi connectivity index (χ3v) is 5.57. The van der Waals surface area contributed by atoms with Crippen LogP contribution in [0.4, 0.5) is 11.6 Å². The summed E-state index contributed by atoms with van der Waals surface area (Å²) in [5.74, 6) is 3.22. The van der Waals surface area contributed by atoms with Gasteiger partial charge in [0, 0.05) is 31.1 Å². The molecule has 0 amide bonds. The molecule has 1 aliphatic heterocycles. The molecule has 2 fully saturated rings. The topological polar surface area (TPSA) is 67.3 Å². The highest BCUT2D eigenvalue weighted by Crippen LogP contribution is 2.40. The number of nitrogens with zero attached hydrogens (tertiary/aromatic N) is 3. The number of ether oxygens (including phenoxy) is 1. The maximum absolute atomic E-state index is 11.8. The fraction of sp³-hybridized carbons (Fsp3) is 0.476. The first-order chi connectivity index (χ1) is 13.2. The van der Waals surface area contributed by atoms with Gasteiger partial charge in [-0.05, 0) is 55.4 Å². The van der Waals surface area contributed by atoms with Crippen LogP contribution in [0.2, 0.25) is 0 Å². The van der Waals surface area contributed by atoms with Crippen molar-refractivity contribution in [1.29, 1.82) is 0 Å². The van der Waals surface area contributed by atoms with Crippen LogP contribution in [0.3, 0.4) is 0 Å². The lowest BCUT2D eigenvalue weighted by Gasteiger charge is -2.30. The van der Waals surface area contributed by atoms with Crippen molar-refractivity contribution in [1.82, 2.24) is 9.97 Å². The summed E-state index contributed by atoms with van der Waals surface area (Å²) in [4.78, 5) is 23.7. The Hall–Kier alpha value is -2.63. The Bertz CT molecular complexity index is 890. The first-order valence-electron chi connectivity index (χ1n) is 9.80. The molecule has 5 rings (SSSR count). The molecule has 3 aliphatic rings. The first-order valence-corrected chi connectivity index (χ1v) is 9.80. The Morgan fingerprint density at radius 1 is 1.15 bits per heavy atom. The molecule has 1 aromatic heterocycles. The van der Waals surface area contributed by atoms with Gasteiger partial charge in [-0.2, -0.15) is 0 Å². The number of hydrogen-bond donors (Lipinski definition) is 1. The second-order valence-corrected chi connectivity index (χ2v) is 7.81. The van der Waals surface area contributed by atoms with E-state index in [0.29, 0.717) is 17.5 Å². The Labute approximate surface area is 159 Å². The quantitative estimate of drug-likeness (QED) is 0.822.